The molecule has 2 heterocycles. The van der Waals surface area contributed by atoms with Gasteiger partial charge >= 0.3 is 10.1 Å². The van der Waals surface area contributed by atoms with Crippen molar-refractivity contribution in [3.63, 3.8) is 0 Å². The third-order valence-electron chi connectivity index (χ3n) is 6.02. The molecule has 3 amide bonds. The van der Waals surface area contributed by atoms with Gasteiger partial charge in [0.05, 0.1) is 12.0 Å². The SMILES string of the molecule is COc1cc(/C=C2\SC(=O)N(CC(=O)N3CCC(C)CC3)C2=O)ccc1OS(=O)(=O)c1ccccc1. The molecule has 9 nitrogen and oxygen atoms in total. The lowest BCUT2D eigenvalue weighted by molar-refractivity contribution is -0.136. The van der Waals surface area contributed by atoms with E-state index < -0.39 is 21.3 Å². The van der Waals surface area contributed by atoms with Gasteiger partial charge in [0, 0.05) is 13.1 Å². The average Bonchev–Trinajstić information content (AvgIpc) is 3.13. The highest BCUT2D eigenvalue weighted by Gasteiger charge is 2.37. The van der Waals surface area contributed by atoms with Crippen LogP contribution < -0.4 is 8.92 Å². The van der Waals surface area contributed by atoms with Gasteiger partial charge in [0.15, 0.2) is 11.5 Å². The highest BCUT2D eigenvalue weighted by Crippen LogP contribution is 2.35. The first-order chi connectivity index (χ1) is 17.2. The van der Waals surface area contributed by atoms with E-state index in [1.165, 1.54) is 37.5 Å². The molecule has 0 bridgehead atoms. The highest BCUT2D eigenvalue weighted by molar-refractivity contribution is 8.18. The molecule has 2 aliphatic rings. The Morgan fingerprint density at radius 2 is 1.78 bits per heavy atom. The highest BCUT2D eigenvalue weighted by atomic mass is 32.2. The number of benzene rings is 2. The zero-order chi connectivity index (χ0) is 25.9. The largest absolute Gasteiger partial charge is 0.493 e. The molecule has 0 saturated carbocycles. The van der Waals surface area contributed by atoms with E-state index in [1.807, 2.05) is 0 Å². The molecular weight excluding hydrogens is 504 g/mol. The Labute approximate surface area is 214 Å². The minimum Gasteiger partial charge on any atom is -0.493 e. The number of piperidine rings is 1. The second-order valence-electron chi connectivity index (χ2n) is 8.59. The molecular formula is C25H26N2O7S2. The first-order valence-corrected chi connectivity index (χ1v) is 13.6. The summed E-state index contributed by atoms with van der Waals surface area (Å²) < 4.78 is 35.6. The number of imide groups is 1. The van der Waals surface area contributed by atoms with E-state index in [0.717, 1.165) is 29.5 Å². The van der Waals surface area contributed by atoms with E-state index in [1.54, 1.807) is 29.2 Å². The summed E-state index contributed by atoms with van der Waals surface area (Å²) >= 11 is 0.750. The number of methoxy groups -OCH3 is 1. The second-order valence-corrected chi connectivity index (χ2v) is 11.1. The van der Waals surface area contributed by atoms with Crippen LogP contribution in [0, 0.1) is 5.92 Å². The second kappa shape index (κ2) is 10.8. The minimum atomic E-state index is -4.07. The lowest BCUT2D eigenvalue weighted by atomic mass is 9.99. The molecule has 2 aliphatic heterocycles. The summed E-state index contributed by atoms with van der Waals surface area (Å²) in [6, 6.07) is 12.2. The van der Waals surface area contributed by atoms with E-state index >= 15 is 0 Å². The zero-order valence-electron chi connectivity index (χ0n) is 19.9. The van der Waals surface area contributed by atoms with Gasteiger partial charge in [-0.25, -0.2) is 0 Å². The van der Waals surface area contributed by atoms with Crippen LogP contribution in [0.5, 0.6) is 11.5 Å². The van der Waals surface area contributed by atoms with Gasteiger partial charge in [-0.1, -0.05) is 31.2 Å². The molecule has 2 saturated heterocycles. The van der Waals surface area contributed by atoms with Gasteiger partial charge in [-0.3, -0.25) is 19.3 Å². The fourth-order valence-corrected chi connectivity index (χ4v) is 5.68. The van der Waals surface area contributed by atoms with Crippen LogP contribution in [-0.4, -0.2) is 62.0 Å². The van der Waals surface area contributed by atoms with Crippen LogP contribution in [0.25, 0.3) is 6.08 Å². The maximum Gasteiger partial charge on any atom is 0.339 e. The van der Waals surface area contributed by atoms with Gasteiger partial charge in [-0.2, -0.15) is 8.42 Å². The summed E-state index contributed by atoms with van der Waals surface area (Å²) in [6.45, 7) is 3.10. The summed E-state index contributed by atoms with van der Waals surface area (Å²) in [7, 11) is -2.71. The van der Waals surface area contributed by atoms with Gasteiger partial charge < -0.3 is 13.8 Å². The Balaban J connectivity index is 1.48. The Kier molecular flexibility index (Phi) is 7.70. The molecule has 0 N–H and O–H groups in total. The average molecular weight is 531 g/mol. The number of ether oxygens (including phenoxy) is 1. The number of hydrogen-bond acceptors (Lipinski definition) is 8. The molecule has 36 heavy (non-hydrogen) atoms. The van der Waals surface area contributed by atoms with Crippen LogP contribution in [0.15, 0.2) is 58.3 Å². The van der Waals surface area contributed by atoms with Crippen LogP contribution in [0.4, 0.5) is 4.79 Å². The quantitative estimate of drug-likeness (QED) is 0.393. The number of carbonyl (C=O) groups is 3. The molecule has 0 radical (unpaired) electrons. The molecule has 2 aromatic carbocycles. The maximum atomic E-state index is 12.9. The van der Waals surface area contributed by atoms with Crippen molar-refractivity contribution in [1.29, 1.82) is 0 Å². The van der Waals surface area contributed by atoms with Crippen LogP contribution in [0.1, 0.15) is 25.3 Å². The van der Waals surface area contributed by atoms with Crippen molar-refractivity contribution in [2.75, 3.05) is 26.7 Å². The number of thioether (sulfide) groups is 1. The summed E-state index contributed by atoms with van der Waals surface area (Å²) in [5, 5.41) is -0.508. The third kappa shape index (κ3) is 5.73. The molecule has 2 fully saturated rings. The fraction of sp³-hybridized carbons (Fsp3) is 0.320. The van der Waals surface area contributed by atoms with Crippen LogP contribution >= 0.6 is 11.8 Å². The van der Waals surface area contributed by atoms with Crippen molar-refractivity contribution >= 4 is 45.0 Å². The number of carbonyl (C=O) groups excluding carboxylic acids is 3. The van der Waals surface area contributed by atoms with Crippen molar-refractivity contribution in [3.05, 3.63) is 59.0 Å². The fourth-order valence-electron chi connectivity index (χ4n) is 3.88. The Morgan fingerprint density at radius 3 is 2.44 bits per heavy atom. The number of amides is 3. The molecule has 11 heteroatoms. The summed E-state index contributed by atoms with van der Waals surface area (Å²) in [6.07, 6.45) is 3.30. The molecule has 0 aliphatic carbocycles. The van der Waals surface area contributed by atoms with E-state index in [9.17, 15) is 22.8 Å². The van der Waals surface area contributed by atoms with Gasteiger partial charge in [-0.05, 0) is 66.4 Å². The molecule has 0 unspecified atom stereocenters. The third-order valence-corrected chi connectivity index (χ3v) is 8.18. The van der Waals surface area contributed by atoms with Crippen molar-refractivity contribution in [3.8, 4) is 11.5 Å². The molecule has 4 rings (SSSR count). The van der Waals surface area contributed by atoms with Crippen molar-refractivity contribution in [2.45, 2.75) is 24.7 Å². The smallest absolute Gasteiger partial charge is 0.339 e. The minimum absolute atomic E-state index is 0.00147. The van der Waals surface area contributed by atoms with E-state index in [4.69, 9.17) is 8.92 Å². The Bertz CT molecular complexity index is 1300. The summed E-state index contributed by atoms with van der Waals surface area (Å²) in [5.41, 5.74) is 0.498. The van der Waals surface area contributed by atoms with Gasteiger partial charge in [-0.15, -0.1) is 0 Å². The number of hydrogen-bond donors (Lipinski definition) is 0. The summed E-state index contributed by atoms with van der Waals surface area (Å²) in [5.74, 6) is -0.116. The molecule has 0 atom stereocenters. The zero-order valence-corrected chi connectivity index (χ0v) is 21.5. The standard InChI is InChI=1S/C25H26N2O7S2/c1-17-10-12-26(13-11-17)23(28)16-27-24(29)22(35-25(27)30)15-18-8-9-20(21(14-18)33-2)34-36(31,32)19-6-4-3-5-7-19/h3-9,14-15,17H,10-13,16H2,1-2H3/b22-15-. The molecule has 2 aromatic rings. The van der Waals surface area contributed by atoms with Gasteiger partial charge in [0.25, 0.3) is 11.1 Å². The normalized spacial score (nSPS) is 18.1. The number of likely N-dealkylation sites (tertiary alicyclic amines) is 1. The van der Waals surface area contributed by atoms with Gasteiger partial charge in [0.2, 0.25) is 5.91 Å². The molecule has 0 spiro atoms. The monoisotopic (exact) mass is 530 g/mol. The predicted octanol–water partition coefficient (Wildman–Crippen LogP) is 3.76. The van der Waals surface area contributed by atoms with Crippen molar-refractivity contribution < 1.29 is 31.7 Å². The first-order valence-electron chi connectivity index (χ1n) is 11.4. The Hall–Kier alpha value is -3.31. The van der Waals surface area contributed by atoms with Crippen LogP contribution in [0.3, 0.4) is 0 Å². The van der Waals surface area contributed by atoms with Crippen LogP contribution in [-0.2, 0) is 19.7 Å². The van der Waals surface area contributed by atoms with E-state index in [0.29, 0.717) is 24.6 Å². The van der Waals surface area contributed by atoms with E-state index in [2.05, 4.69) is 6.92 Å². The Morgan fingerprint density at radius 1 is 1.08 bits per heavy atom. The number of rotatable bonds is 7. The lowest BCUT2D eigenvalue weighted by Gasteiger charge is -2.31. The van der Waals surface area contributed by atoms with Gasteiger partial charge in [0.1, 0.15) is 11.4 Å². The van der Waals surface area contributed by atoms with Crippen molar-refractivity contribution in [2.24, 2.45) is 5.92 Å². The maximum absolute atomic E-state index is 12.9. The van der Waals surface area contributed by atoms with E-state index in [-0.39, 0.29) is 33.8 Å². The first kappa shape index (κ1) is 25.8. The topological polar surface area (TPSA) is 110 Å². The number of nitrogens with zero attached hydrogens (tertiary/aromatic N) is 2. The summed E-state index contributed by atoms with van der Waals surface area (Å²) in [4.78, 5) is 40.8. The molecule has 190 valence electrons. The van der Waals surface area contributed by atoms with Crippen molar-refractivity contribution in [1.82, 2.24) is 9.80 Å². The predicted molar refractivity (Wildman–Crippen MR) is 135 cm³/mol. The lowest BCUT2D eigenvalue weighted by Crippen LogP contribution is -2.45. The molecule has 0 aromatic heterocycles. The van der Waals surface area contributed by atoms with Crippen LogP contribution in [0.2, 0.25) is 0 Å².